The lowest BCUT2D eigenvalue weighted by molar-refractivity contribution is 0.0368. The zero-order valence-electron chi connectivity index (χ0n) is 16.4. The summed E-state index contributed by atoms with van der Waals surface area (Å²) < 4.78 is 18.7. The molecule has 2 aromatic rings. The monoisotopic (exact) mass is 401 g/mol. The molecule has 0 aliphatic carbocycles. The van der Waals surface area contributed by atoms with Crippen LogP contribution in [0.4, 0.5) is 10.1 Å². The summed E-state index contributed by atoms with van der Waals surface area (Å²) in [6, 6.07) is 14.8. The fourth-order valence-corrected chi connectivity index (χ4v) is 3.55. The van der Waals surface area contributed by atoms with E-state index in [1.807, 2.05) is 30.3 Å². The van der Waals surface area contributed by atoms with Gasteiger partial charge in [0.2, 0.25) is 0 Å². The van der Waals surface area contributed by atoms with Crippen molar-refractivity contribution >= 4 is 23.0 Å². The van der Waals surface area contributed by atoms with Gasteiger partial charge in [-0.1, -0.05) is 30.3 Å². The fraction of sp³-hybridized carbons (Fsp3) is 0.409. The average Bonchev–Trinajstić information content (AvgIpc) is 2.71. The lowest BCUT2D eigenvalue weighted by atomic mass is 10.2. The maximum Gasteiger partial charge on any atom is 0.173 e. The third kappa shape index (κ3) is 6.26. The van der Waals surface area contributed by atoms with Gasteiger partial charge < -0.3 is 15.0 Å². The van der Waals surface area contributed by atoms with E-state index in [9.17, 15) is 4.39 Å². The van der Waals surface area contributed by atoms with E-state index in [4.69, 9.17) is 17.0 Å². The van der Waals surface area contributed by atoms with Crippen molar-refractivity contribution in [1.82, 2.24) is 9.80 Å². The summed E-state index contributed by atoms with van der Waals surface area (Å²) in [6.07, 6.45) is 1.01. The molecule has 4 nitrogen and oxygen atoms in total. The molecule has 1 N–H and O–H groups in total. The van der Waals surface area contributed by atoms with Gasteiger partial charge in [0.15, 0.2) is 5.11 Å². The molecular formula is C22H28FN3OS. The summed E-state index contributed by atoms with van der Waals surface area (Å²) in [5.74, 6) is -0.219. The van der Waals surface area contributed by atoms with Crippen LogP contribution in [0.1, 0.15) is 17.5 Å². The van der Waals surface area contributed by atoms with E-state index in [1.165, 1.54) is 12.1 Å². The highest BCUT2D eigenvalue weighted by molar-refractivity contribution is 7.80. The molecule has 0 radical (unpaired) electrons. The van der Waals surface area contributed by atoms with E-state index < -0.39 is 0 Å². The molecule has 0 bridgehead atoms. The molecule has 28 heavy (non-hydrogen) atoms. The maximum atomic E-state index is 13.3. The first kappa shape index (κ1) is 20.7. The van der Waals surface area contributed by atoms with Gasteiger partial charge in [0.25, 0.3) is 0 Å². The highest BCUT2D eigenvalue weighted by Crippen LogP contribution is 2.16. The van der Waals surface area contributed by atoms with Crippen LogP contribution in [-0.2, 0) is 11.3 Å². The number of morpholine rings is 1. The Morgan fingerprint density at radius 3 is 2.57 bits per heavy atom. The molecule has 3 rings (SSSR count). The largest absolute Gasteiger partial charge is 0.379 e. The number of para-hydroxylation sites is 1. The van der Waals surface area contributed by atoms with Crippen molar-refractivity contribution < 1.29 is 9.13 Å². The highest BCUT2D eigenvalue weighted by atomic mass is 32.1. The number of ether oxygens (including phenoxy) is 1. The van der Waals surface area contributed by atoms with Gasteiger partial charge in [-0.3, -0.25) is 4.90 Å². The number of benzene rings is 2. The van der Waals surface area contributed by atoms with Gasteiger partial charge in [-0.05, 0) is 54.9 Å². The summed E-state index contributed by atoms with van der Waals surface area (Å²) in [6.45, 7) is 8.18. The Morgan fingerprint density at radius 1 is 1.14 bits per heavy atom. The minimum Gasteiger partial charge on any atom is -0.379 e. The third-order valence-electron chi connectivity index (χ3n) is 4.97. The molecule has 0 amide bonds. The van der Waals surface area contributed by atoms with Crippen LogP contribution in [0.3, 0.4) is 0 Å². The van der Waals surface area contributed by atoms with Crippen molar-refractivity contribution in [3.8, 4) is 0 Å². The Bertz CT molecular complexity index is 763. The van der Waals surface area contributed by atoms with E-state index in [0.717, 1.165) is 62.6 Å². The Kier molecular flexibility index (Phi) is 7.77. The Morgan fingerprint density at radius 2 is 1.86 bits per heavy atom. The Balaban J connectivity index is 1.63. The molecule has 1 aliphatic rings. The normalized spacial score (nSPS) is 14.6. The predicted octanol–water partition coefficient (Wildman–Crippen LogP) is 4.06. The zero-order valence-corrected chi connectivity index (χ0v) is 17.2. The van der Waals surface area contributed by atoms with Crippen LogP contribution in [0.25, 0.3) is 0 Å². The van der Waals surface area contributed by atoms with Crippen LogP contribution in [0, 0.1) is 12.7 Å². The van der Waals surface area contributed by atoms with E-state index in [2.05, 4.69) is 28.1 Å². The third-order valence-corrected chi connectivity index (χ3v) is 5.33. The van der Waals surface area contributed by atoms with Gasteiger partial charge in [-0.2, -0.15) is 0 Å². The summed E-state index contributed by atoms with van der Waals surface area (Å²) >= 11 is 5.72. The number of halogens is 1. The van der Waals surface area contributed by atoms with Crippen LogP contribution >= 0.6 is 12.2 Å². The second kappa shape index (κ2) is 10.5. The molecule has 0 spiro atoms. The van der Waals surface area contributed by atoms with Crippen molar-refractivity contribution in [2.75, 3.05) is 44.7 Å². The van der Waals surface area contributed by atoms with Gasteiger partial charge in [-0.15, -0.1) is 0 Å². The van der Waals surface area contributed by atoms with Gasteiger partial charge in [0.05, 0.1) is 13.2 Å². The van der Waals surface area contributed by atoms with Gasteiger partial charge >= 0.3 is 0 Å². The molecular weight excluding hydrogens is 373 g/mol. The first-order valence-corrected chi connectivity index (χ1v) is 10.2. The number of aryl methyl sites for hydroxylation is 1. The number of thiocarbonyl (C=S) groups is 1. The summed E-state index contributed by atoms with van der Waals surface area (Å²) in [7, 11) is 0. The second-order valence-corrected chi connectivity index (χ2v) is 7.49. The summed E-state index contributed by atoms with van der Waals surface area (Å²) in [4.78, 5) is 4.59. The molecule has 6 heteroatoms. The van der Waals surface area contributed by atoms with E-state index >= 15 is 0 Å². The van der Waals surface area contributed by atoms with Crippen molar-refractivity contribution in [2.24, 2.45) is 0 Å². The molecule has 1 fully saturated rings. The quantitative estimate of drug-likeness (QED) is 0.707. The molecule has 1 aliphatic heterocycles. The molecule has 1 saturated heterocycles. The molecule has 150 valence electrons. The van der Waals surface area contributed by atoms with Gasteiger partial charge in [-0.25, -0.2) is 4.39 Å². The minimum absolute atomic E-state index is 0.219. The topological polar surface area (TPSA) is 27.7 Å². The van der Waals surface area contributed by atoms with E-state index in [1.54, 1.807) is 0 Å². The number of hydrogen-bond acceptors (Lipinski definition) is 3. The summed E-state index contributed by atoms with van der Waals surface area (Å²) in [5, 5.41) is 4.08. The molecule has 2 aromatic carbocycles. The van der Waals surface area contributed by atoms with Crippen molar-refractivity contribution in [1.29, 1.82) is 0 Å². The standard InChI is InChI=1S/C22H28FN3OS/c1-18-5-2-3-6-21(18)24-22(28)26(17-19-7-9-20(23)10-8-19)12-4-11-25-13-15-27-16-14-25/h2-3,5-10H,4,11-17H2,1H3,(H,24,28). The molecule has 0 saturated carbocycles. The SMILES string of the molecule is Cc1ccccc1NC(=S)N(CCCN1CCOCC1)Cc1ccc(F)cc1. The number of hydrogen-bond donors (Lipinski definition) is 1. The smallest absolute Gasteiger partial charge is 0.173 e. The minimum atomic E-state index is -0.219. The van der Waals surface area contributed by atoms with Crippen LogP contribution in [-0.4, -0.2) is 54.3 Å². The van der Waals surface area contributed by atoms with Gasteiger partial charge in [0, 0.05) is 38.4 Å². The number of nitrogens with zero attached hydrogens (tertiary/aromatic N) is 2. The number of nitrogens with one attached hydrogen (secondary N) is 1. The fourth-order valence-electron chi connectivity index (χ4n) is 3.28. The van der Waals surface area contributed by atoms with Gasteiger partial charge in [0.1, 0.15) is 5.82 Å². The lowest BCUT2D eigenvalue weighted by Gasteiger charge is -2.30. The second-order valence-electron chi connectivity index (χ2n) is 7.10. The van der Waals surface area contributed by atoms with Crippen LogP contribution in [0.5, 0.6) is 0 Å². The Labute approximate surface area is 172 Å². The van der Waals surface area contributed by atoms with Crippen LogP contribution < -0.4 is 5.32 Å². The highest BCUT2D eigenvalue weighted by Gasteiger charge is 2.14. The Hall–Kier alpha value is -2.02. The van der Waals surface area contributed by atoms with Crippen molar-refractivity contribution in [3.05, 3.63) is 65.5 Å². The molecule has 0 unspecified atom stereocenters. The lowest BCUT2D eigenvalue weighted by Crippen LogP contribution is -2.40. The first-order chi connectivity index (χ1) is 13.6. The summed E-state index contributed by atoms with van der Waals surface area (Å²) in [5.41, 5.74) is 3.21. The van der Waals surface area contributed by atoms with Crippen molar-refractivity contribution in [2.45, 2.75) is 19.9 Å². The van der Waals surface area contributed by atoms with Crippen molar-refractivity contribution in [3.63, 3.8) is 0 Å². The average molecular weight is 402 g/mol. The molecule has 0 atom stereocenters. The maximum absolute atomic E-state index is 13.3. The van der Waals surface area contributed by atoms with E-state index in [0.29, 0.717) is 11.7 Å². The van der Waals surface area contributed by atoms with E-state index in [-0.39, 0.29) is 5.82 Å². The first-order valence-electron chi connectivity index (χ1n) is 9.78. The molecule has 1 heterocycles. The van der Waals surface area contributed by atoms with Crippen LogP contribution in [0.2, 0.25) is 0 Å². The number of anilines is 1. The molecule has 0 aromatic heterocycles. The predicted molar refractivity (Wildman–Crippen MR) is 116 cm³/mol. The zero-order chi connectivity index (χ0) is 19.8. The number of rotatable bonds is 7. The van der Waals surface area contributed by atoms with Crippen LogP contribution in [0.15, 0.2) is 48.5 Å².